The lowest BCUT2D eigenvalue weighted by molar-refractivity contribution is -0.115. The molecule has 1 aliphatic rings. The molecule has 1 aromatic rings. The van der Waals surface area contributed by atoms with Crippen LogP contribution in [0.5, 0.6) is 0 Å². The summed E-state index contributed by atoms with van der Waals surface area (Å²) >= 11 is 0. The minimum atomic E-state index is -0.650. The Kier molecular flexibility index (Phi) is 5.10. The van der Waals surface area contributed by atoms with E-state index in [4.69, 9.17) is 0 Å². The monoisotopic (exact) mass is 280 g/mol. The summed E-state index contributed by atoms with van der Waals surface area (Å²) in [5.74, 6) is 1.47. The molecule has 19 heavy (non-hydrogen) atoms. The highest BCUT2D eigenvalue weighted by Gasteiger charge is 2.18. The van der Waals surface area contributed by atoms with Crippen molar-refractivity contribution >= 4 is 22.4 Å². The van der Waals surface area contributed by atoms with E-state index in [2.05, 4.69) is 10.6 Å². The molecule has 0 bridgehead atoms. The Hall–Kier alpha value is -1.20. The second-order valence-corrected chi connectivity index (χ2v) is 6.56. The van der Waals surface area contributed by atoms with E-state index in [9.17, 15) is 9.00 Å². The van der Waals surface area contributed by atoms with Crippen LogP contribution < -0.4 is 10.6 Å². The average molecular weight is 280 g/mol. The Bertz CT molecular complexity index is 466. The number of nitrogens with one attached hydrogen (secondary N) is 2. The molecule has 0 saturated carbocycles. The Morgan fingerprint density at radius 3 is 2.68 bits per heavy atom. The summed E-state index contributed by atoms with van der Waals surface area (Å²) in [4.78, 5) is 11.8. The van der Waals surface area contributed by atoms with Gasteiger partial charge in [-0.1, -0.05) is 18.2 Å². The molecule has 0 unspecified atom stereocenters. The molecule has 2 N–H and O–H groups in total. The van der Waals surface area contributed by atoms with E-state index in [-0.39, 0.29) is 5.91 Å². The fourth-order valence-corrected chi connectivity index (χ4v) is 3.44. The van der Waals surface area contributed by atoms with Gasteiger partial charge in [-0.15, -0.1) is 0 Å². The zero-order valence-electron chi connectivity index (χ0n) is 11.1. The van der Waals surface area contributed by atoms with Crippen LogP contribution in [0.2, 0.25) is 0 Å². The van der Waals surface area contributed by atoms with E-state index in [1.165, 1.54) is 0 Å². The van der Waals surface area contributed by atoms with E-state index in [1.807, 2.05) is 31.2 Å². The Morgan fingerprint density at radius 2 is 2.00 bits per heavy atom. The first-order valence-corrected chi connectivity index (χ1v) is 8.08. The van der Waals surface area contributed by atoms with E-state index in [0.717, 1.165) is 35.6 Å². The molecular formula is C14H20N2O2S. The summed E-state index contributed by atoms with van der Waals surface area (Å²) in [5.41, 5.74) is 1.92. The summed E-state index contributed by atoms with van der Waals surface area (Å²) < 4.78 is 11.2. The van der Waals surface area contributed by atoms with Gasteiger partial charge in [0.05, 0.1) is 6.54 Å². The molecular weight excluding hydrogens is 260 g/mol. The lowest BCUT2D eigenvalue weighted by Crippen LogP contribution is -2.40. The van der Waals surface area contributed by atoms with Crippen LogP contribution in [0.1, 0.15) is 18.4 Å². The summed E-state index contributed by atoms with van der Waals surface area (Å²) in [5, 5.41) is 6.13. The zero-order valence-corrected chi connectivity index (χ0v) is 12.0. The van der Waals surface area contributed by atoms with Gasteiger partial charge in [0.25, 0.3) is 0 Å². The molecule has 0 spiro atoms. The van der Waals surface area contributed by atoms with Crippen LogP contribution in [0.3, 0.4) is 0 Å². The molecule has 1 fully saturated rings. The first kappa shape index (κ1) is 14.2. The van der Waals surface area contributed by atoms with Gasteiger partial charge in [-0.2, -0.15) is 0 Å². The number of carbonyl (C=O) groups excluding carboxylic acids is 1. The normalized spacial score (nSPS) is 23.0. The number of amides is 1. The zero-order chi connectivity index (χ0) is 13.7. The van der Waals surface area contributed by atoms with E-state index in [1.54, 1.807) is 0 Å². The first-order valence-electron chi connectivity index (χ1n) is 6.59. The summed E-state index contributed by atoms with van der Waals surface area (Å²) in [6.07, 6.45) is 1.79. The molecule has 0 aliphatic carbocycles. The van der Waals surface area contributed by atoms with Gasteiger partial charge in [-0.05, 0) is 31.4 Å². The predicted octanol–water partition coefficient (Wildman–Crippen LogP) is 1.43. The maximum atomic E-state index is 11.8. The van der Waals surface area contributed by atoms with Crippen LogP contribution in [-0.2, 0) is 15.6 Å². The maximum Gasteiger partial charge on any atom is 0.238 e. The number of hydrogen-bond acceptors (Lipinski definition) is 3. The molecule has 0 atom stereocenters. The van der Waals surface area contributed by atoms with Gasteiger partial charge in [0, 0.05) is 34.0 Å². The maximum absolute atomic E-state index is 11.8. The van der Waals surface area contributed by atoms with Crippen molar-refractivity contribution < 1.29 is 9.00 Å². The van der Waals surface area contributed by atoms with Crippen molar-refractivity contribution in [3.8, 4) is 0 Å². The van der Waals surface area contributed by atoms with Crippen LogP contribution >= 0.6 is 0 Å². The van der Waals surface area contributed by atoms with Gasteiger partial charge in [-0.25, -0.2) is 0 Å². The van der Waals surface area contributed by atoms with Crippen molar-refractivity contribution in [1.82, 2.24) is 5.32 Å². The average Bonchev–Trinajstić information content (AvgIpc) is 2.41. The van der Waals surface area contributed by atoms with E-state index in [0.29, 0.717) is 12.6 Å². The molecule has 1 aliphatic heterocycles. The third-order valence-electron chi connectivity index (χ3n) is 3.36. The van der Waals surface area contributed by atoms with Crippen molar-refractivity contribution in [2.45, 2.75) is 25.8 Å². The lowest BCUT2D eigenvalue weighted by atomic mass is 10.1. The van der Waals surface area contributed by atoms with E-state index >= 15 is 0 Å². The molecule has 0 radical (unpaired) electrons. The highest BCUT2D eigenvalue weighted by atomic mass is 32.2. The van der Waals surface area contributed by atoms with Gasteiger partial charge >= 0.3 is 0 Å². The van der Waals surface area contributed by atoms with Crippen LogP contribution in [0.15, 0.2) is 24.3 Å². The predicted molar refractivity (Wildman–Crippen MR) is 78.7 cm³/mol. The lowest BCUT2D eigenvalue weighted by Gasteiger charge is -2.22. The van der Waals surface area contributed by atoms with Crippen molar-refractivity contribution in [2.75, 3.05) is 23.4 Å². The van der Waals surface area contributed by atoms with Gasteiger partial charge in [0.15, 0.2) is 0 Å². The van der Waals surface area contributed by atoms with Crippen molar-refractivity contribution in [1.29, 1.82) is 0 Å². The molecule has 1 amide bonds. The van der Waals surface area contributed by atoms with Crippen LogP contribution in [0.4, 0.5) is 5.69 Å². The minimum absolute atomic E-state index is 0.0269. The smallest absolute Gasteiger partial charge is 0.238 e. The molecule has 4 nitrogen and oxygen atoms in total. The van der Waals surface area contributed by atoms with Gasteiger partial charge in [0.2, 0.25) is 5.91 Å². The highest BCUT2D eigenvalue weighted by Crippen LogP contribution is 2.13. The Morgan fingerprint density at radius 1 is 1.32 bits per heavy atom. The minimum Gasteiger partial charge on any atom is -0.325 e. The second kappa shape index (κ2) is 6.82. The quantitative estimate of drug-likeness (QED) is 0.877. The largest absolute Gasteiger partial charge is 0.325 e. The van der Waals surface area contributed by atoms with E-state index < -0.39 is 10.8 Å². The second-order valence-electron chi connectivity index (χ2n) is 4.87. The molecule has 104 valence electrons. The third kappa shape index (κ3) is 4.44. The highest BCUT2D eigenvalue weighted by molar-refractivity contribution is 7.85. The summed E-state index contributed by atoms with van der Waals surface area (Å²) in [6.45, 7) is 2.28. The fraction of sp³-hybridized carbons (Fsp3) is 0.500. The number of benzene rings is 1. The van der Waals surface area contributed by atoms with Crippen LogP contribution in [0, 0.1) is 6.92 Å². The Balaban J connectivity index is 1.76. The first-order chi connectivity index (χ1) is 9.15. The summed E-state index contributed by atoms with van der Waals surface area (Å²) in [7, 11) is -0.650. The number of rotatable bonds is 4. The molecule has 0 aromatic heterocycles. The van der Waals surface area contributed by atoms with Crippen molar-refractivity contribution in [3.05, 3.63) is 29.8 Å². The summed E-state index contributed by atoms with van der Waals surface area (Å²) in [6, 6.07) is 8.05. The number of hydrogen-bond donors (Lipinski definition) is 2. The number of anilines is 1. The SMILES string of the molecule is Cc1ccccc1NC(=O)CNC1CCS(=O)CC1. The Labute approximate surface area is 116 Å². The molecule has 1 aromatic carbocycles. The van der Waals surface area contributed by atoms with Crippen molar-refractivity contribution in [3.63, 3.8) is 0 Å². The van der Waals surface area contributed by atoms with Gasteiger partial charge in [0.1, 0.15) is 0 Å². The molecule has 2 rings (SSSR count). The third-order valence-corrected chi connectivity index (χ3v) is 4.74. The standard InChI is InChI=1S/C14H20N2O2S/c1-11-4-2-3-5-13(11)16-14(17)10-15-12-6-8-19(18)9-7-12/h2-5,12,15H,6-10H2,1H3,(H,16,17). The number of carbonyl (C=O) groups is 1. The van der Waals surface area contributed by atoms with Crippen molar-refractivity contribution in [2.24, 2.45) is 0 Å². The molecule has 5 heteroatoms. The van der Waals surface area contributed by atoms with Crippen LogP contribution in [-0.4, -0.2) is 34.2 Å². The number of para-hydroxylation sites is 1. The molecule has 1 heterocycles. The van der Waals surface area contributed by atoms with Gasteiger partial charge in [-0.3, -0.25) is 9.00 Å². The molecule has 1 saturated heterocycles. The fourth-order valence-electron chi connectivity index (χ4n) is 2.14. The number of aryl methyl sites for hydroxylation is 1. The topological polar surface area (TPSA) is 58.2 Å². The van der Waals surface area contributed by atoms with Gasteiger partial charge < -0.3 is 10.6 Å². The van der Waals surface area contributed by atoms with Crippen LogP contribution in [0.25, 0.3) is 0 Å².